The Morgan fingerprint density at radius 2 is 1.69 bits per heavy atom. The molecule has 2 aromatic carbocycles. The summed E-state index contributed by atoms with van der Waals surface area (Å²) in [6, 6.07) is 14.9. The van der Waals surface area contributed by atoms with Crippen molar-refractivity contribution in [3.63, 3.8) is 0 Å². The fraction of sp³-hybridized carbons (Fsp3) is 0.348. The second kappa shape index (κ2) is 9.86. The Kier molecular flexibility index (Phi) is 6.75. The van der Waals surface area contributed by atoms with Gasteiger partial charge in [0, 0.05) is 24.3 Å². The molecule has 0 aliphatic carbocycles. The molecule has 2 heterocycles. The molecule has 0 spiro atoms. The highest BCUT2D eigenvalue weighted by Crippen LogP contribution is 2.25. The molecule has 0 N–H and O–H groups in total. The van der Waals surface area contributed by atoms with E-state index in [4.69, 9.17) is 9.15 Å². The maximum atomic E-state index is 13.3. The van der Waals surface area contributed by atoms with Gasteiger partial charge < -0.3 is 14.1 Å². The quantitative estimate of drug-likeness (QED) is 0.554. The Balaban J connectivity index is 1.56. The van der Waals surface area contributed by atoms with Crippen molar-refractivity contribution >= 4 is 11.7 Å². The van der Waals surface area contributed by atoms with E-state index >= 15 is 0 Å². The van der Waals surface area contributed by atoms with Crippen molar-refractivity contribution < 1.29 is 22.7 Å². The fourth-order valence-corrected chi connectivity index (χ4v) is 3.48. The lowest BCUT2D eigenvalue weighted by Gasteiger charge is -2.33. The third-order valence-electron chi connectivity index (χ3n) is 5.34. The van der Waals surface area contributed by atoms with Gasteiger partial charge in [0.05, 0.1) is 19.8 Å². The zero-order valence-corrected chi connectivity index (χ0v) is 17.7. The lowest BCUT2D eigenvalue weighted by molar-refractivity contribution is 0.0548. The van der Waals surface area contributed by atoms with E-state index in [9.17, 15) is 13.6 Å². The summed E-state index contributed by atoms with van der Waals surface area (Å²) >= 11 is 0. The third-order valence-corrected chi connectivity index (χ3v) is 5.34. The number of hydrogen-bond acceptors (Lipinski definition) is 5. The molecule has 3 aromatic rings. The van der Waals surface area contributed by atoms with Crippen molar-refractivity contribution in [1.82, 2.24) is 15.1 Å². The highest BCUT2D eigenvalue weighted by Gasteiger charge is 2.24. The van der Waals surface area contributed by atoms with E-state index in [1.54, 1.807) is 21.9 Å². The predicted molar refractivity (Wildman–Crippen MR) is 114 cm³/mol. The van der Waals surface area contributed by atoms with Crippen LogP contribution >= 0.6 is 0 Å². The largest absolute Gasteiger partial charge is 0.415 e. The zero-order chi connectivity index (χ0) is 22.5. The molecular formula is C23H24F2N4O3. The summed E-state index contributed by atoms with van der Waals surface area (Å²) in [5.41, 5.74) is 3.41. The topological polar surface area (TPSA) is 71.7 Å². The molecule has 1 fully saturated rings. The van der Waals surface area contributed by atoms with Gasteiger partial charge in [-0.1, -0.05) is 31.2 Å². The molecule has 2 amide bonds. The number of urea groups is 1. The number of rotatable bonds is 6. The third kappa shape index (κ3) is 4.94. The average molecular weight is 442 g/mol. The van der Waals surface area contributed by atoms with E-state index in [1.165, 1.54) is 5.56 Å². The van der Waals surface area contributed by atoms with Crippen LogP contribution in [0.1, 0.15) is 30.4 Å². The molecule has 4 rings (SSSR count). The van der Waals surface area contributed by atoms with Crippen molar-refractivity contribution in [1.29, 1.82) is 0 Å². The second-order valence-corrected chi connectivity index (χ2v) is 7.43. The summed E-state index contributed by atoms with van der Waals surface area (Å²) in [6.45, 7) is 4.58. The molecule has 1 aliphatic rings. The van der Waals surface area contributed by atoms with Crippen LogP contribution in [0.25, 0.3) is 11.5 Å². The summed E-state index contributed by atoms with van der Waals surface area (Å²) in [6.07, 6.45) is -1.89. The summed E-state index contributed by atoms with van der Waals surface area (Å²) in [7, 11) is 0. The number of amides is 2. The minimum absolute atomic E-state index is 0.0308. The molecule has 168 valence electrons. The zero-order valence-electron chi connectivity index (χ0n) is 17.7. The maximum absolute atomic E-state index is 13.3. The van der Waals surface area contributed by atoms with E-state index in [0.29, 0.717) is 38.4 Å². The summed E-state index contributed by atoms with van der Waals surface area (Å²) in [4.78, 5) is 16.8. The molecule has 1 saturated heterocycles. The maximum Gasteiger partial charge on any atom is 0.324 e. The van der Waals surface area contributed by atoms with E-state index in [1.807, 2.05) is 36.4 Å². The van der Waals surface area contributed by atoms with Crippen LogP contribution in [-0.2, 0) is 17.7 Å². The monoisotopic (exact) mass is 442 g/mol. The molecule has 0 saturated carbocycles. The molecule has 1 aromatic heterocycles. The van der Waals surface area contributed by atoms with Crippen molar-refractivity contribution in [3.8, 4) is 11.5 Å². The molecule has 0 bridgehead atoms. The highest BCUT2D eigenvalue weighted by molar-refractivity contribution is 5.92. The van der Waals surface area contributed by atoms with Gasteiger partial charge in [0.1, 0.15) is 0 Å². The van der Waals surface area contributed by atoms with Crippen LogP contribution in [0, 0.1) is 0 Å². The van der Waals surface area contributed by atoms with Crippen molar-refractivity contribution in [2.45, 2.75) is 26.3 Å². The van der Waals surface area contributed by atoms with Crippen LogP contribution < -0.4 is 4.90 Å². The predicted octanol–water partition coefficient (Wildman–Crippen LogP) is 4.70. The standard InChI is InChI=1S/C23H24F2N4O3/c1-2-16-5-9-19(10-6-16)29(23(30)28-11-13-31-14-12-28)15-17-3-7-18(8-4-17)21-26-27-22(32-21)20(24)25/h3-10,20H,2,11-15H2,1H3. The number of morpholine rings is 1. The number of hydrogen-bond donors (Lipinski definition) is 0. The lowest BCUT2D eigenvalue weighted by atomic mass is 10.1. The summed E-state index contributed by atoms with van der Waals surface area (Å²) in [5.74, 6) is -0.676. The van der Waals surface area contributed by atoms with E-state index in [0.717, 1.165) is 17.7 Å². The smallest absolute Gasteiger partial charge is 0.324 e. The summed E-state index contributed by atoms with van der Waals surface area (Å²) < 4.78 is 35.8. The molecule has 0 radical (unpaired) electrons. The molecule has 32 heavy (non-hydrogen) atoms. The van der Waals surface area contributed by atoms with Gasteiger partial charge in [-0.15, -0.1) is 10.2 Å². The van der Waals surface area contributed by atoms with Gasteiger partial charge >= 0.3 is 12.5 Å². The number of anilines is 1. The number of carbonyl (C=O) groups is 1. The first kappa shape index (κ1) is 21.9. The molecule has 1 aliphatic heterocycles. The van der Waals surface area contributed by atoms with Crippen molar-refractivity contribution in [2.24, 2.45) is 0 Å². The highest BCUT2D eigenvalue weighted by atomic mass is 19.3. The van der Waals surface area contributed by atoms with Gasteiger partial charge in [0.25, 0.3) is 5.89 Å². The SMILES string of the molecule is CCc1ccc(N(Cc2ccc(-c3nnc(C(F)F)o3)cc2)C(=O)N2CCOCC2)cc1. The Hall–Kier alpha value is -3.33. The van der Waals surface area contributed by atoms with Gasteiger partial charge in [-0.2, -0.15) is 8.78 Å². The van der Waals surface area contributed by atoms with E-state index in [-0.39, 0.29) is 11.9 Å². The van der Waals surface area contributed by atoms with Crippen LogP contribution in [0.2, 0.25) is 0 Å². The molecule has 0 atom stereocenters. The van der Waals surface area contributed by atoms with Gasteiger partial charge in [0.2, 0.25) is 5.89 Å². The number of benzene rings is 2. The second-order valence-electron chi connectivity index (χ2n) is 7.43. The van der Waals surface area contributed by atoms with Crippen LogP contribution in [-0.4, -0.2) is 47.4 Å². The number of aryl methyl sites for hydroxylation is 1. The van der Waals surface area contributed by atoms with Crippen LogP contribution in [0.15, 0.2) is 52.9 Å². The van der Waals surface area contributed by atoms with Crippen LogP contribution in [0.4, 0.5) is 19.3 Å². The number of halogens is 2. The van der Waals surface area contributed by atoms with Crippen LogP contribution in [0.3, 0.4) is 0 Å². The van der Waals surface area contributed by atoms with Gasteiger partial charge in [-0.25, -0.2) is 4.79 Å². The Morgan fingerprint density at radius 1 is 1.03 bits per heavy atom. The Morgan fingerprint density at radius 3 is 2.28 bits per heavy atom. The number of carbonyl (C=O) groups excluding carboxylic acids is 1. The average Bonchev–Trinajstić information content (AvgIpc) is 3.34. The van der Waals surface area contributed by atoms with Crippen LogP contribution in [0.5, 0.6) is 0 Å². The number of aromatic nitrogens is 2. The lowest BCUT2D eigenvalue weighted by Crippen LogP contribution is -2.48. The van der Waals surface area contributed by atoms with Crippen molar-refractivity contribution in [2.75, 3.05) is 31.2 Å². The van der Waals surface area contributed by atoms with Gasteiger partial charge in [-0.05, 0) is 41.8 Å². The number of alkyl halides is 2. The first-order valence-electron chi connectivity index (χ1n) is 10.5. The number of ether oxygens (including phenoxy) is 1. The minimum atomic E-state index is -2.81. The fourth-order valence-electron chi connectivity index (χ4n) is 3.48. The van der Waals surface area contributed by atoms with E-state index in [2.05, 4.69) is 17.1 Å². The van der Waals surface area contributed by atoms with Crippen molar-refractivity contribution in [3.05, 3.63) is 65.5 Å². The normalized spacial score (nSPS) is 14.1. The first-order chi connectivity index (χ1) is 15.5. The van der Waals surface area contributed by atoms with Gasteiger partial charge in [-0.3, -0.25) is 4.90 Å². The first-order valence-corrected chi connectivity index (χ1v) is 10.5. The Bertz CT molecular complexity index is 1030. The van der Waals surface area contributed by atoms with E-state index < -0.39 is 12.3 Å². The van der Waals surface area contributed by atoms with Gasteiger partial charge in [0.15, 0.2) is 0 Å². The molecule has 0 unspecified atom stereocenters. The minimum Gasteiger partial charge on any atom is -0.415 e. The Labute approximate surface area is 184 Å². The number of nitrogens with zero attached hydrogens (tertiary/aromatic N) is 4. The summed E-state index contributed by atoms with van der Waals surface area (Å²) in [5, 5.41) is 7.03. The molecule has 9 heteroatoms. The molecule has 7 nitrogen and oxygen atoms in total. The molecular weight excluding hydrogens is 418 g/mol.